The highest BCUT2D eigenvalue weighted by Crippen LogP contribution is 2.51. The van der Waals surface area contributed by atoms with Gasteiger partial charge in [-0.2, -0.15) is 14.3 Å². The number of Topliss-reactive ketones (excluding diaryl/α,β-unsaturated/α-hetero) is 1. The molecule has 11 heavy (non-hydrogen) atoms. The van der Waals surface area contributed by atoms with E-state index in [9.17, 15) is 4.79 Å². The fraction of sp³-hybridized carbons (Fsp3) is 0.500. The van der Waals surface area contributed by atoms with E-state index in [-0.39, 0.29) is 0 Å². The van der Waals surface area contributed by atoms with E-state index in [1.807, 2.05) is 0 Å². The van der Waals surface area contributed by atoms with Crippen molar-refractivity contribution < 1.29 is 23.9 Å². The van der Waals surface area contributed by atoms with Gasteiger partial charge in [0.05, 0.1) is 7.11 Å². The van der Waals surface area contributed by atoms with Crippen molar-refractivity contribution in [3.05, 3.63) is 5.53 Å². The maximum atomic E-state index is 10.5. The van der Waals surface area contributed by atoms with Crippen LogP contribution < -0.4 is 0 Å². The third-order valence-corrected chi connectivity index (χ3v) is 2.41. The van der Waals surface area contributed by atoms with Crippen molar-refractivity contribution in [1.29, 1.82) is 0 Å². The highest BCUT2D eigenvalue weighted by atomic mass is 31.2. The van der Waals surface area contributed by atoms with Crippen LogP contribution in [0.5, 0.6) is 0 Å². The van der Waals surface area contributed by atoms with Crippen LogP contribution in [-0.4, -0.2) is 32.9 Å². The van der Waals surface area contributed by atoms with Gasteiger partial charge < -0.3 is 5.53 Å². The number of nitrogens with zero attached hydrogens (tertiary/aromatic N) is 2. The Kier molecular flexibility index (Phi) is 3.45. The molecule has 2 N–H and O–H groups in total. The molecule has 0 atom stereocenters. The Bertz CT molecular complexity index is 220. The van der Waals surface area contributed by atoms with Crippen LogP contribution in [0, 0.1) is 0 Å². The SMILES string of the molecule is CO[P+](O)(O)C(=[N+]=[N-])C(C)=O. The number of rotatable bonds is 3. The zero-order chi connectivity index (χ0) is 9.07. The van der Waals surface area contributed by atoms with Gasteiger partial charge in [0.25, 0.3) is 5.78 Å². The van der Waals surface area contributed by atoms with Crippen molar-refractivity contribution in [1.82, 2.24) is 0 Å². The summed E-state index contributed by atoms with van der Waals surface area (Å²) < 4.78 is 4.16. The molecule has 0 heterocycles. The van der Waals surface area contributed by atoms with Crippen LogP contribution in [0.3, 0.4) is 0 Å². The summed E-state index contributed by atoms with van der Waals surface area (Å²) >= 11 is 0. The number of hydrogen-bond donors (Lipinski definition) is 2. The second kappa shape index (κ2) is 3.67. The molecule has 0 saturated carbocycles. The van der Waals surface area contributed by atoms with Crippen LogP contribution in [0.15, 0.2) is 0 Å². The molecule has 0 amide bonds. The Morgan fingerprint density at radius 3 is 2.18 bits per heavy atom. The number of carbonyl (C=O) groups excluding carboxylic acids is 1. The van der Waals surface area contributed by atoms with Crippen LogP contribution in [0.2, 0.25) is 0 Å². The van der Waals surface area contributed by atoms with Crippen molar-refractivity contribution in [3.8, 4) is 0 Å². The van der Waals surface area contributed by atoms with Gasteiger partial charge >= 0.3 is 13.4 Å². The summed E-state index contributed by atoms with van der Waals surface area (Å²) in [6.07, 6.45) is 0. The molecular formula is C4H8N2O4P+. The van der Waals surface area contributed by atoms with Crippen molar-refractivity contribution >= 4 is 19.2 Å². The van der Waals surface area contributed by atoms with Gasteiger partial charge in [0.15, 0.2) is 0 Å². The highest BCUT2D eigenvalue weighted by Gasteiger charge is 2.54. The number of carbonyl (C=O) groups is 1. The van der Waals surface area contributed by atoms with Crippen LogP contribution >= 0.6 is 7.94 Å². The largest absolute Gasteiger partial charge is 0.549 e. The van der Waals surface area contributed by atoms with E-state index in [2.05, 4.69) is 9.31 Å². The lowest BCUT2D eigenvalue weighted by molar-refractivity contribution is -0.114. The number of ketones is 1. The molecule has 0 radical (unpaired) electrons. The Morgan fingerprint density at radius 2 is 2.09 bits per heavy atom. The van der Waals surface area contributed by atoms with Crippen molar-refractivity contribution in [2.45, 2.75) is 6.92 Å². The van der Waals surface area contributed by atoms with Gasteiger partial charge in [-0.05, 0) is 0 Å². The van der Waals surface area contributed by atoms with Crippen LogP contribution in [0.1, 0.15) is 6.92 Å². The smallest absolute Gasteiger partial charge is 0.356 e. The van der Waals surface area contributed by atoms with Gasteiger partial charge in [-0.25, -0.2) is 0 Å². The van der Waals surface area contributed by atoms with E-state index in [4.69, 9.17) is 15.3 Å². The zero-order valence-corrected chi connectivity index (χ0v) is 6.95. The maximum Gasteiger partial charge on any atom is 0.549 e. The molecule has 0 aromatic carbocycles. The van der Waals surface area contributed by atoms with E-state index in [0.717, 1.165) is 14.0 Å². The average Bonchev–Trinajstić information content (AvgIpc) is 1.88. The van der Waals surface area contributed by atoms with E-state index in [1.54, 1.807) is 0 Å². The lowest BCUT2D eigenvalue weighted by Crippen LogP contribution is -2.16. The van der Waals surface area contributed by atoms with Gasteiger partial charge in [0, 0.05) is 6.92 Å². The Morgan fingerprint density at radius 1 is 1.64 bits per heavy atom. The minimum atomic E-state index is -3.94. The molecule has 0 aromatic heterocycles. The molecular weight excluding hydrogens is 171 g/mol. The molecule has 0 aliphatic carbocycles. The summed E-state index contributed by atoms with van der Waals surface area (Å²) in [5, 5.41) is 0. The lowest BCUT2D eigenvalue weighted by atomic mass is 10.5. The third kappa shape index (κ3) is 2.46. The van der Waals surface area contributed by atoms with E-state index in [0.29, 0.717) is 0 Å². The standard InChI is InChI=1S/C4H8N2O4P/c1-3(7)4(6-5)11(8,9)10-2/h8-9H,1-2H3/q+1. The number of hydrogen-bond acceptors (Lipinski definition) is 4. The van der Waals surface area contributed by atoms with Crippen molar-refractivity contribution in [2.24, 2.45) is 0 Å². The molecule has 0 aliphatic rings. The first kappa shape index (κ1) is 10.4. The normalized spacial score (nSPS) is 10.5. The molecule has 0 rings (SSSR count). The Hall–Kier alpha value is -0.640. The maximum absolute atomic E-state index is 10.5. The first-order valence-electron chi connectivity index (χ1n) is 2.59. The summed E-state index contributed by atoms with van der Waals surface area (Å²) in [6, 6.07) is 0. The molecule has 0 unspecified atom stereocenters. The molecule has 0 spiro atoms. The quantitative estimate of drug-likeness (QED) is 0.266. The van der Waals surface area contributed by atoms with Gasteiger partial charge in [-0.3, -0.25) is 4.79 Å². The monoisotopic (exact) mass is 179 g/mol. The predicted octanol–water partition coefficient (Wildman–Crippen LogP) is -0.403. The van der Waals surface area contributed by atoms with Gasteiger partial charge in [-0.1, -0.05) is 0 Å². The minimum Gasteiger partial charge on any atom is -0.356 e. The topological polar surface area (TPSA) is 103 Å². The van der Waals surface area contributed by atoms with Crippen LogP contribution in [0.25, 0.3) is 5.53 Å². The molecule has 6 nitrogen and oxygen atoms in total. The first-order chi connectivity index (χ1) is 4.95. The zero-order valence-electron chi connectivity index (χ0n) is 6.05. The van der Waals surface area contributed by atoms with Gasteiger partial charge in [0.2, 0.25) is 0 Å². The molecule has 62 valence electrons. The molecule has 0 aromatic rings. The van der Waals surface area contributed by atoms with Gasteiger partial charge in [0.1, 0.15) is 0 Å². The summed E-state index contributed by atoms with van der Waals surface area (Å²) in [7, 11) is -2.94. The van der Waals surface area contributed by atoms with E-state index >= 15 is 0 Å². The van der Waals surface area contributed by atoms with Gasteiger partial charge in [-0.15, -0.1) is 4.79 Å². The third-order valence-electron chi connectivity index (χ3n) is 0.940. The van der Waals surface area contributed by atoms with Crippen LogP contribution in [-0.2, 0) is 9.32 Å². The van der Waals surface area contributed by atoms with E-state index in [1.165, 1.54) is 0 Å². The summed E-state index contributed by atoms with van der Waals surface area (Å²) in [5.41, 5.74) is 7.41. The van der Waals surface area contributed by atoms with Crippen LogP contribution in [0.4, 0.5) is 0 Å². The second-order valence-electron chi connectivity index (χ2n) is 1.71. The fourth-order valence-electron chi connectivity index (χ4n) is 0.420. The van der Waals surface area contributed by atoms with E-state index < -0.39 is 19.2 Å². The highest BCUT2D eigenvalue weighted by molar-refractivity contribution is 7.79. The summed E-state index contributed by atoms with van der Waals surface area (Å²) in [6.45, 7) is 1.04. The Balaban J connectivity index is 4.81. The average molecular weight is 179 g/mol. The minimum absolute atomic E-state index is 0.743. The summed E-state index contributed by atoms with van der Waals surface area (Å²) in [4.78, 5) is 30.7. The molecule has 0 fully saturated rings. The molecule has 0 bridgehead atoms. The lowest BCUT2D eigenvalue weighted by Gasteiger charge is -1.98. The summed E-state index contributed by atoms with van der Waals surface area (Å²) in [5.74, 6) is -0.743. The van der Waals surface area contributed by atoms with Crippen molar-refractivity contribution in [3.63, 3.8) is 0 Å². The predicted molar refractivity (Wildman–Crippen MR) is 37.7 cm³/mol. The molecule has 0 aliphatic heterocycles. The Labute approximate surface area is 63.6 Å². The first-order valence-corrected chi connectivity index (χ1v) is 4.20. The molecule has 7 heteroatoms. The second-order valence-corrected chi connectivity index (χ2v) is 3.58. The molecule has 0 saturated heterocycles. The van der Waals surface area contributed by atoms with Crippen molar-refractivity contribution in [2.75, 3.05) is 7.11 Å². The fourth-order valence-corrected chi connectivity index (χ4v) is 1.12.